The first kappa shape index (κ1) is 17.5. The molecular formula is C15H18ClN3OS. The molecule has 0 aromatic heterocycles. The van der Waals surface area contributed by atoms with Crippen molar-refractivity contribution in [3.05, 3.63) is 40.6 Å². The average Bonchev–Trinajstić information content (AvgIpc) is 2.50. The van der Waals surface area contributed by atoms with E-state index in [9.17, 15) is 4.79 Å². The first-order valence-corrected chi connectivity index (χ1v) is 7.91. The normalized spacial score (nSPS) is 12.1. The quantitative estimate of drug-likeness (QED) is 0.492. The van der Waals surface area contributed by atoms with Crippen molar-refractivity contribution in [3.63, 3.8) is 0 Å². The summed E-state index contributed by atoms with van der Waals surface area (Å²) in [5, 5.41) is 4.34. The van der Waals surface area contributed by atoms with E-state index in [0.29, 0.717) is 23.0 Å². The predicted octanol–water partition coefficient (Wildman–Crippen LogP) is 3.82. The number of aldehydes is 1. The SMILES string of the molecule is C=NC(=N/C=C(/CC=O)Cc1ccc(Cl)cc1NC)SC. The number of nitrogens with zero attached hydrogens (tertiary/aromatic N) is 2. The van der Waals surface area contributed by atoms with Crippen molar-refractivity contribution >= 4 is 47.2 Å². The summed E-state index contributed by atoms with van der Waals surface area (Å²) >= 11 is 7.38. The van der Waals surface area contributed by atoms with Gasteiger partial charge in [0.25, 0.3) is 0 Å². The molecule has 0 fully saturated rings. The first-order chi connectivity index (χ1) is 10.1. The smallest absolute Gasteiger partial charge is 0.186 e. The molecule has 0 aliphatic carbocycles. The Morgan fingerprint density at radius 2 is 2.29 bits per heavy atom. The number of thioether (sulfide) groups is 1. The second-order valence-electron chi connectivity index (χ2n) is 4.16. The van der Waals surface area contributed by atoms with Gasteiger partial charge in [-0.1, -0.05) is 29.4 Å². The number of benzene rings is 1. The van der Waals surface area contributed by atoms with Gasteiger partial charge in [0.1, 0.15) is 6.29 Å². The van der Waals surface area contributed by atoms with Crippen LogP contribution in [-0.4, -0.2) is 31.5 Å². The van der Waals surface area contributed by atoms with E-state index >= 15 is 0 Å². The van der Waals surface area contributed by atoms with Gasteiger partial charge in [-0.25, -0.2) is 9.98 Å². The zero-order valence-corrected chi connectivity index (χ0v) is 13.7. The van der Waals surface area contributed by atoms with Gasteiger partial charge in [-0.15, -0.1) is 0 Å². The lowest BCUT2D eigenvalue weighted by Gasteiger charge is -2.10. The highest BCUT2D eigenvalue weighted by atomic mass is 35.5. The summed E-state index contributed by atoms with van der Waals surface area (Å²) in [6, 6.07) is 5.63. The number of amidine groups is 1. The van der Waals surface area contributed by atoms with Crippen LogP contribution in [0, 0.1) is 0 Å². The highest BCUT2D eigenvalue weighted by Crippen LogP contribution is 2.24. The molecule has 0 spiro atoms. The van der Waals surface area contributed by atoms with Gasteiger partial charge in [0.15, 0.2) is 5.17 Å². The van der Waals surface area contributed by atoms with Gasteiger partial charge in [-0.05, 0) is 42.7 Å². The van der Waals surface area contributed by atoms with Crippen LogP contribution in [0.3, 0.4) is 0 Å². The maximum absolute atomic E-state index is 10.8. The Morgan fingerprint density at radius 1 is 1.52 bits per heavy atom. The molecule has 4 nitrogen and oxygen atoms in total. The Bertz CT molecular complexity index is 570. The second-order valence-corrected chi connectivity index (χ2v) is 5.37. The minimum absolute atomic E-state index is 0.327. The molecular weight excluding hydrogens is 306 g/mol. The lowest BCUT2D eigenvalue weighted by Crippen LogP contribution is -1.98. The third-order valence-corrected chi connectivity index (χ3v) is 3.61. The largest absolute Gasteiger partial charge is 0.388 e. The van der Waals surface area contributed by atoms with Crippen LogP contribution in [-0.2, 0) is 11.2 Å². The van der Waals surface area contributed by atoms with Gasteiger partial charge < -0.3 is 10.1 Å². The van der Waals surface area contributed by atoms with Crippen LogP contribution in [0.4, 0.5) is 5.69 Å². The molecule has 112 valence electrons. The van der Waals surface area contributed by atoms with Crippen molar-refractivity contribution in [1.82, 2.24) is 0 Å². The van der Waals surface area contributed by atoms with Crippen LogP contribution in [0.15, 0.2) is 40.0 Å². The Labute approximate surface area is 134 Å². The molecule has 0 heterocycles. The number of carbonyl (C=O) groups excluding carboxylic acids is 1. The monoisotopic (exact) mass is 323 g/mol. The number of nitrogens with one attached hydrogen (secondary N) is 1. The van der Waals surface area contributed by atoms with Gasteiger partial charge in [-0.2, -0.15) is 0 Å². The Morgan fingerprint density at radius 3 is 2.86 bits per heavy atom. The highest BCUT2D eigenvalue weighted by Gasteiger charge is 2.06. The number of hydrogen-bond acceptors (Lipinski definition) is 4. The topological polar surface area (TPSA) is 53.8 Å². The third kappa shape index (κ3) is 5.73. The van der Waals surface area contributed by atoms with Gasteiger partial charge in [0.05, 0.1) is 0 Å². The predicted molar refractivity (Wildman–Crippen MR) is 94.0 cm³/mol. The zero-order chi connectivity index (χ0) is 15.7. The Kier molecular flexibility index (Phi) is 7.79. The molecule has 1 N–H and O–H groups in total. The van der Waals surface area contributed by atoms with Crippen LogP contribution in [0.25, 0.3) is 0 Å². The van der Waals surface area contributed by atoms with E-state index < -0.39 is 0 Å². The molecule has 0 aliphatic heterocycles. The van der Waals surface area contributed by atoms with Crippen molar-refractivity contribution in [2.24, 2.45) is 9.98 Å². The summed E-state index contributed by atoms with van der Waals surface area (Å²) in [5.74, 6) is 0. The molecule has 0 aliphatic rings. The number of hydrogen-bond donors (Lipinski definition) is 1. The summed E-state index contributed by atoms with van der Waals surface area (Å²) in [6.45, 7) is 3.45. The molecule has 0 radical (unpaired) electrons. The zero-order valence-electron chi connectivity index (χ0n) is 12.1. The Balaban J connectivity index is 3.03. The molecule has 1 aromatic carbocycles. The Hall–Kier alpha value is -1.59. The molecule has 0 atom stereocenters. The molecule has 6 heteroatoms. The van der Waals surface area contributed by atoms with Crippen molar-refractivity contribution in [2.45, 2.75) is 12.8 Å². The number of allylic oxidation sites excluding steroid dienone is 1. The maximum Gasteiger partial charge on any atom is 0.186 e. The van der Waals surface area contributed by atoms with Crippen LogP contribution in [0.1, 0.15) is 12.0 Å². The van der Waals surface area contributed by atoms with Crippen LogP contribution in [0.5, 0.6) is 0 Å². The minimum Gasteiger partial charge on any atom is -0.388 e. The molecule has 0 unspecified atom stereocenters. The van der Waals surface area contributed by atoms with Gasteiger partial charge >= 0.3 is 0 Å². The molecule has 0 amide bonds. The molecule has 0 saturated carbocycles. The first-order valence-electron chi connectivity index (χ1n) is 6.30. The van der Waals surface area contributed by atoms with Gasteiger partial charge in [0, 0.05) is 30.4 Å². The fraction of sp³-hybridized carbons (Fsp3) is 0.267. The number of anilines is 1. The van der Waals surface area contributed by atoms with Crippen molar-refractivity contribution in [2.75, 3.05) is 18.6 Å². The minimum atomic E-state index is 0.327. The standard InChI is InChI=1S/C15H18ClN3OS/c1-17-14-9-13(16)5-4-12(14)8-11(6-7-20)10-19-15(18-2)21-3/h4-5,7,9-10,17H,2,6,8H2,1,3H3/b11-10-,19-15?. The van der Waals surface area contributed by atoms with E-state index in [2.05, 4.69) is 22.0 Å². The van der Waals surface area contributed by atoms with Gasteiger partial charge in [-0.3, -0.25) is 0 Å². The summed E-state index contributed by atoms with van der Waals surface area (Å²) in [7, 11) is 1.84. The van der Waals surface area contributed by atoms with Crippen LogP contribution < -0.4 is 5.32 Å². The van der Waals surface area contributed by atoms with E-state index in [4.69, 9.17) is 11.6 Å². The van der Waals surface area contributed by atoms with Crippen molar-refractivity contribution in [1.29, 1.82) is 0 Å². The summed E-state index contributed by atoms with van der Waals surface area (Å²) in [6.07, 6.45) is 5.38. The van der Waals surface area contributed by atoms with E-state index in [1.54, 1.807) is 6.20 Å². The molecule has 0 bridgehead atoms. The fourth-order valence-corrected chi connectivity index (χ4v) is 2.22. The number of halogens is 1. The summed E-state index contributed by atoms with van der Waals surface area (Å²) in [5.41, 5.74) is 2.90. The second kappa shape index (κ2) is 9.37. The van der Waals surface area contributed by atoms with Crippen LogP contribution in [0.2, 0.25) is 5.02 Å². The maximum atomic E-state index is 10.8. The van der Waals surface area contributed by atoms with E-state index in [1.165, 1.54) is 11.8 Å². The summed E-state index contributed by atoms with van der Waals surface area (Å²) in [4.78, 5) is 18.9. The van der Waals surface area contributed by atoms with Crippen molar-refractivity contribution in [3.8, 4) is 0 Å². The number of carbonyl (C=O) groups is 1. The third-order valence-electron chi connectivity index (χ3n) is 2.78. The van der Waals surface area contributed by atoms with E-state index in [1.807, 2.05) is 31.5 Å². The number of aliphatic imine (C=N–C) groups is 2. The van der Waals surface area contributed by atoms with E-state index in [-0.39, 0.29) is 0 Å². The fourth-order valence-electron chi connectivity index (χ4n) is 1.76. The lowest BCUT2D eigenvalue weighted by atomic mass is 10.0. The van der Waals surface area contributed by atoms with E-state index in [0.717, 1.165) is 23.1 Å². The van der Waals surface area contributed by atoms with Crippen molar-refractivity contribution < 1.29 is 4.79 Å². The van der Waals surface area contributed by atoms with Gasteiger partial charge in [0.2, 0.25) is 0 Å². The highest BCUT2D eigenvalue weighted by molar-refractivity contribution is 8.13. The molecule has 1 aromatic rings. The molecule has 21 heavy (non-hydrogen) atoms. The number of rotatable bonds is 6. The molecule has 0 saturated heterocycles. The molecule has 1 rings (SSSR count). The summed E-state index contributed by atoms with van der Waals surface area (Å²) < 4.78 is 0. The average molecular weight is 324 g/mol. The lowest BCUT2D eigenvalue weighted by molar-refractivity contribution is -0.107. The van der Waals surface area contributed by atoms with Crippen LogP contribution >= 0.6 is 23.4 Å².